The zero-order valence-electron chi connectivity index (χ0n) is 10.8. The fourth-order valence-electron chi connectivity index (χ4n) is 2.55. The molecule has 2 aliphatic rings. The highest BCUT2D eigenvalue weighted by Gasteiger charge is 2.17. The van der Waals surface area contributed by atoms with Crippen molar-refractivity contribution < 1.29 is 4.79 Å². The van der Waals surface area contributed by atoms with Crippen LogP contribution in [0.4, 0.5) is 0 Å². The second-order valence-corrected chi connectivity index (χ2v) is 6.34. The predicted octanol–water partition coefficient (Wildman–Crippen LogP) is 2.34. The molecule has 1 aromatic rings. The summed E-state index contributed by atoms with van der Waals surface area (Å²) in [6.07, 6.45) is 2.52. The minimum atomic E-state index is 0. The number of thioether (sulfide) groups is 1. The lowest BCUT2D eigenvalue weighted by Crippen LogP contribution is -2.29. The molecule has 0 aromatic heterocycles. The van der Waals surface area contributed by atoms with Gasteiger partial charge >= 0.3 is 0 Å². The number of amides is 1. The summed E-state index contributed by atoms with van der Waals surface area (Å²) in [6, 6.07) is 6.02. The van der Waals surface area contributed by atoms with Gasteiger partial charge in [-0.15, -0.1) is 12.4 Å². The molecule has 1 amide bonds. The van der Waals surface area contributed by atoms with E-state index in [0.717, 1.165) is 25.2 Å². The van der Waals surface area contributed by atoms with Gasteiger partial charge in [0.05, 0.1) is 0 Å². The summed E-state index contributed by atoms with van der Waals surface area (Å²) < 4.78 is 0. The molecule has 5 heteroatoms. The molecule has 1 fully saturated rings. The van der Waals surface area contributed by atoms with Crippen LogP contribution >= 0.6 is 24.2 Å². The molecule has 0 bridgehead atoms. The van der Waals surface area contributed by atoms with Gasteiger partial charge < -0.3 is 10.6 Å². The molecule has 104 valence electrons. The van der Waals surface area contributed by atoms with Crippen molar-refractivity contribution >= 4 is 30.1 Å². The molecule has 0 radical (unpaired) electrons. The molecule has 19 heavy (non-hydrogen) atoms. The lowest BCUT2D eigenvalue weighted by atomic mass is 10.1. The molecule has 0 spiro atoms. The van der Waals surface area contributed by atoms with E-state index in [9.17, 15) is 4.79 Å². The van der Waals surface area contributed by atoms with Gasteiger partial charge in [-0.2, -0.15) is 11.8 Å². The highest BCUT2D eigenvalue weighted by molar-refractivity contribution is 8.00. The molecule has 2 N–H and O–H groups in total. The number of carbonyl (C=O) groups is 1. The fourth-order valence-corrected chi connectivity index (χ4v) is 3.75. The van der Waals surface area contributed by atoms with E-state index >= 15 is 0 Å². The van der Waals surface area contributed by atoms with Gasteiger partial charge in [0, 0.05) is 30.4 Å². The highest BCUT2D eigenvalue weighted by Crippen LogP contribution is 2.25. The van der Waals surface area contributed by atoms with Gasteiger partial charge in [-0.25, -0.2) is 0 Å². The second kappa shape index (κ2) is 6.64. The first-order valence-electron chi connectivity index (χ1n) is 6.55. The monoisotopic (exact) mass is 298 g/mol. The van der Waals surface area contributed by atoms with E-state index in [0.29, 0.717) is 5.25 Å². The van der Waals surface area contributed by atoms with Crippen molar-refractivity contribution in [1.29, 1.82) is 0 Å². The number of hydrogen-bond acceptors (Lipinski definition) is 3. The molecule has 2 heterocycles. The van der Waals surface area contributed by atoms with Gasteiger partial charge in [0.25, 0.3) is 5.91 Å². The average molecular weight is 299 g/mol. The van der Waals surface area contributed by atoms with Crippen LogP contribution in [0.2, 0.25) is 0 Å². The lowest BCUT2D eigenvalue weighted by molar-refractivity contribution is 0.0953. The molecule has 0 saturated carbocycles. The number of fused-ring (bicyclic) bond motifs is 1. The van der Waals surface area contributed by atoms with Crippen LogP contribution in [0.5, 0.6) is 0 Å². The number of carbonyl (C=O) groups excluding carboxylic acids is 1. The average Bonchev–Trinajstić information content (AvgIpc) is 3.05. The molecule has 3 rings (SSSR count). The summed E-state index contributed by atoms with van der Waals surface area (Å²) >= 11 is 1.97. The third kappa shape index (κ3) is 3.44. The molecule has 0 aliphatic carbocycles. The highest BCUT2D eigenvalue weighted by atomic mass is 35.5. The standard InChI is InChI=1S/C14H18N2OS.ClH/c17-14(16-9-13-2-1-5-18-13)10-3-4-11-7-15-8-12(11)6-10;/h3-4,6,13,15H,1-2,5,7-9H2,(H,16,17);1H. The minimum absolute atomic E-state index is 0. The summed E-state index contributed by atoms with van der Waals surface area (Å²) in [5.74, 6) is 1.31. The maximum absolute atomic E-state index is 12.1. The molecule has 3 nitrogen and oxygen atoms in total. The summed E-state index contributed by atoms with van der Waals surface area (Å²) in [7, 11) is 0. The summed E-state index contributed by atoms with van der Waals surface area (Å²) in [5.41, 5.74) is 3.37. The third-order valence-corrected chi connectivity index (χ3v) is 5.01. The number of rotatable bonds is 3. The van der Waals surface area contributed by atoms with E-state index < -0.39 is 0 Å². The molecule has 1 unspecified atom stereocenters. The fraction of sp³-hybridized carbons (Fsp3) is 0.500. The van der Waals surface area contributed by atoms with Crippen LogP contribution in [-0.2, 0) is 13.1 Å². The second-order valence-electron chi connectivity index (χ2n) is 4.93. The largest absolute Gasteiger partial charge is 0.351 e. The molecule has 2 aliphatic heterocycles. The van der Waals surface area contributed by atoms with Crippen molar-refractivity contribution in [2.24, 2.45) is 0 Å². The molecule has 1 aromatic carbocycles. The Morgan fingerprint density at radius 3 is 3.00 bits per heavy atom. The zero-order valence-corrected chi connectivity index (χ0v) is 12.4. The topological polar surface area (TPSA) is 41.1 Å². The van der Waals surface area contributed by atoms with Gasteiger partial charge in [0.2, 0.25) is 0 Å². The van der Waals surface area contributed by atoms with E-state index in [1.54, 1.807) is 0 Å². The molecule has 1 saturated heterocycles. The number of nitrogens with one attached hydrogen (secondary N) is 2. The third-order valence-electron chi connectivity index (χ3n) is 3.61. The van der Waals surface area contributed by atoms with Gasteiger partial charge in [0.1, 0.15) is 0 Å². The predicted molar refractivity (Wildman–Crippen MR) is 82.0 cm³/mol. The van der Waals surface area contributed by atoms with Crippen LogP contribution < -0.4 is 10.6 Å². The number of benzene rings is 1. The quantitative estimate of drug-likeness (QED) is 0.900. The van der Waals surface area contributed by atoms with Crippen molar-refractivity contribution in [2.45, 2.75) is 31.2 Å². The van der Waals surface area contributed by atoms with E-state index in [1.807, 2.05) is 23.9 Å². The molecular formula is C14H19ClN2OS. The normalized spacial score (nSPS) is 20.7. The van der Waals surface area contributed by atoms with Crippen molar-refractivity contribution in [1.82, 2.24) is 10.6 Å². The van der Waals surface area contributed by atoms with Crippen LogP contribution in [-0.4, -0.2) is 23.5 Å². The van der Waals surface area contributed by atoms with E-state index in [1.165, 1.54) is 29.7 Å². The van der Waals surface area contributed by atoms with E-state index in [2.05, 4.69) is 16.7 Å². The zero-order chi connectivity index (χ0) is 12.4. The number of hydrogen-bond donors (Lipinski definition) is 2. The minimum Gasteiger partial charge on any atom is -0.351 e. The Bertz CT molecular complexity index is 461. The Morgan fingerprint density at radius 1 is 1.37 bits per heavy atom. The first kappa shape index (κ1) is 14.7. The van der Waals surface area contributed by atoms with Gasteiger partial charge in [0.15, 0.2) is 0 Å². The van der Waals surface area contributed by atoms with Crippen LogP contribution in [0.1, 0.15) is 34.3 Å². The van der Waals surface area contributed by atoms with Crippen molar-refractivity contribution in [3.05, 3.63) is 34.9 Å². The Morgan fingerprint density at radius 2 is 2.21 bits per heavy atom. The lowest BCUT2D eigenvalue weighted by Gasteiger charge is -2.10. The Labute approximate surface area is 124 Å². The van der Waals surface area contributed by atoms with Crippen LogP contribution in [0.25, 0.3) is 0 Å². The first-order chi connectivity index (χ1) is 8.83. The maximum Gasteiger partial charge on any atom is 0.251 e. The van der Waals surface area contributed by atoms with Crippen LogP contribution in [0.15, 0.2) is 18.2 Å². The van der Waals surface area contributed by atoms with Crippen LogP contribution in [0, 0.1) is 0 Å². The first-order valence-corrected chi connectivity index (χ1v) is 7.60. The van der Waals surface area contributed by atoms with Gasteiger partial charge in [-0.1, -0.05) is 6.07 Å². The van der Waals surface area contributed by atoms with Crippen molar-refractivity contribution in [3.8, 4) is 0 Å². The summed E-state index contributed by atoms with van der Waals surface area (Å²) in [6.45, 7) is 2.61. The van der Waals surface area contributed by atoms with E-state index in [-0.39, 0.29) is 18.3 Å². The summed E-state index contributed by atoms with van der Waals surface area (Å²) in [4.78, 5) is 12.1. The Hall–Kier alpha value is -0.710. The van der Waals surface area contributed by atoms with Crippen molar-refractivity contribution in [2.75, 3.05) is 12.3 Å². The van der Waals surface area contributed by atoms with Gasteiger partial charge in [-0.3, -0.25) is 4.79 Å². The Kier molecular flexibility index (Phi) is 5.13. The molecular weight excluding hydrogens is 280 g/mol. The smallest absolute Gasteiger partial charge is 0.251 e. The number of halogens is 1. The van der Waals surface area contributed by atoms with E-state index in [4.69, 9.17) is 0 Å². The maximum atomic E-state index is 12.1. The van der Waals surface area contributed by atoms with Crippen LogP contribution in [0.3, 0.4) is 0 Å². The van der Waals surface area contributed by atoms with Gasteiger partial charge in [-0.05, 0) is 41.9 Å². The van der Waals surface area contributed by atoms with Crippen molar-refractivity contribution in [3.63, 3.8) is 0 Å². The molecule has 1 atom stereocenters. The Balaban J connectivity index is 0.00000133. The summed E-state index contributed by atoms with van der Waals surface area (Å²) in [5, 5.41) is 6.96. The SMILES string of the molecule is Cl.O=C(NCC1CCCS1)c1ccc2c(c1)CNC2.